The van der Waals surface area contributed by atoms with Gasteiger partial charge in [0.25, 0.3) is 0 Å². The number of rotatable bonds is 8. The van der Waals surface area contributed by atoms with E-state index in [1.165, 1.54) is 10.5 Å². The first-order chi connectivity index (χ1) is 11.1. The van der Waals surface area contributed by atoms with Crippen molar-refractivity contribution in [3.63, 3.8) is 0 Å². The summed E-state index contributed by atoms with van der Waals surface area (Å²) in [7, 11) is 5.13. The Kier molecular flexibility index (Phi) is 8.57. The van der Waals surface area contributed by atoms with Gasteiger partial charge in [-0.05, 0) is 37.5 Å². The molecule has 1 rings (SSSR count). The van der Waals surface area contributed by atoms with Crippen molar-refractivity contribution in [3.8, 4) is 5.75 Å². The van der Waals surface area contributed by atoms with Crippen molar-refractivity contribution in [2.45, 2.75) is 19.8 Å². The Bertz CT molecular complexity index is 498. The van der Waals surface area contributed by atoms with Gasteiger partial charge < -0.3 is 20.3 Å². The van der Waals surface area contributed by atoms with Crippen LogP contribution in [0.4, 0.5) is 0 Å². The van der Waals surface area contributed by atoms with Crippen molar-refractivity contribution >= 4 is 11.9 Å². The molecule has 0 saturated heterocycles. The zero-order valence-electron chi connectivity index (χ0n) is 14.6. The minimum absolute atomic E-state index is 0.0135. The van der Waals surface area contributed by atoms with E-state index in [9.17, 15) is 4.79 Å². The molecule has 0 spiro atoms. The quantitative estimate of drug-likeness (QED) is 0.430. The normalized spacial score (nSPS) is 11.0. The summed E-state index contributed by atoms with van der Waals surface area (Å²) in [6.07, 6.45) is 1.96. The topological polar surface area (TPSA) is 66.0 Å². The zero-order chi connectivity index (χ0) is 17.1. The highest BCUT2D eigenvalue weighted by Crippen LogP contribution is 2.12. The number of nitrogens with zero attached hydrogens (tertiary/aromatic N) is 2. The number of methoxy groups -OCH3 is 1. The summed E-state index contributed by atoms with van der Waals surface area (Å²) < 4.78 is 5.15. The number of amides is 1. The molecule has 0 heterocycles. The van der Waals surface area contributed by atoms with E-state index in [0.717, 1.165) is 31.7 Å². The Morgan fingerprint density at radius 1 is 1.22 bits per heavy atom. The molecule has 0 radical (unpaired) electrons. The van der Waals surface area contributed by atoms with Crippen LogP contribution >= 0.6 is 0 Å². The van der Waals surface area contributed by atoms with Crippen LogP contribution in [0, 0.1) is 0 Å². The molecule has 128 valence electrons. The van der Waals surface area contributed by atoms with Crippen molar-refractivity contribution in [2.24, 2.45) is 4.99 Å². The molecule has 0 aromatic heterocycles. The lowest BCUT2D eigenvalue weighted by molar-refractivity contribution is -0.127. The largest absolute Gasteiger partial charge is 0.497 e. The van der Waals surface area contributed by atoms with Crippen LogP contribution in [0.25, 0.3) is 0 Å². The van der Waals surface area contributed by atoms with Crippen LogP contribution in [0.15, 0.2) is 29.3 Å². The number of likely N-dealkylation sites (N-methyl/N-ethyl adjacent to an activating group) is 1. The molecule has 0 unspecified atom stereocenters. The van der Waals surface area contributed by atoms with E-state index in [4.69, 9.17) is 4.74 Å². The molecular formula is C17H28N4O2. The summed E-state index contributed by atoms with van der Waals surface area (Å²) in [5.74, 6) is 1.54. The predicted molar refractivity (Wildman–Crippen MR) is 94.0 cm³/mol. The smallest absolute Gasteiger partial charge is 0.243 e. The lowest BCUT2D eigenvalue weighted by atomic mass is 10.1. The summed E-state index contributed by atoms with van der Waals surface area (Å²) in [4.78, 5) is 17.4. The minimum atomic E-state index is -0.0135. The number of nitrogens with one attached hydrogen (secondary N) is 2. The maximum atomic E-state index is 11.6. The Labute approximate surface area is 138 Å². The third-order valence-corrected chi connectivity index (χ3v) is 3.31. The van der Waals surface area contributed by atoms with Gasteiger partial charge in [0.1, 0.15) is 12.3 Å². The van der Waals surface area contributed by atoms with Gasteiger partial charge in [0.2, 0.25) is 5.91 Å². The molecule has 1 aromatic rings. The molecular weight excluding hydrogens is 292 g/mol. The molecule has 0 aliphatic heterocycles. The van der Waals surface area contributed by atoms with Crippen LogP contribution in [-0.2, 0) is 11.2 Å². The van der Waals surface area contributed by atoms with Crippen molar-refractivity contribution in [3.05, 3.63) is 29.8 Å². The molecule has 2 N–H and O–H groups in total. The number of carbonyl (C=O) groups excluding carboxylic acids is 1. The standard InChI is InChI=1S/C17H28N4O2/c1-5-18-17(20-13-16(22)21(2)3)19-12-6-7-14-8-10-15(23-4)11-9-14/h8-11H,5-7,12-13H2,1-4H3,(H2,18,19,20). The van der Waals surface area contributed by atoms with E-state index < -0.39 is 0 Å². The summed E-state index contributed by atoms with van der Waals surface area (Å²) in [6.45, 7) is 3.72. The lowest BCUT2D eigenvalue weighted by Crippen LogP contribution is -2.39. The van der Waals surface area contributed by atoms with Crippen molar-refractivity contribution < 1.29 is 9.53 Å². The molecule has 0 bridgehead atoms. The molecule has 6 heteroatoms. The predicted octanol–water partition coefficient (Wildman–Crippen LogP) is 1.27. The van der Waals surface area contributed by atoms with Gasteiger partial charge in [-0.2, -0.15) is 0 Å². The first-order valence-corrected chi connectivity index (χ1v) is 7.92. The Balaban J connectivity index is 2.36. The van der Waals surface area contributed by atoms with Crippen molar-refractivity contribution in [1.82, 2.24) is 15.5 Å². The number of aryl methyl sites for hydroxylation is 1. The third-order valence-electron chi connectivity index (χ3n) is 3.31. The number of aliphatic imine (C=N–C) groups is 1. The maximum Gasteiger partial charge on any atom is 0.243 e. The van der Waals surface area contributed by atoms with Crippen LogP contribution in [0.2, 0.25) is 0 Å². The number of guanidine groups is 1. The second-order valence-corrected chi connectivity index (χ2v) is 5.36. The highest BCUT2D eigenvalue weighted by Gasteiger charge is 2.03. The summed E-state index contributed by atoms with van der Waals surface area (Å²) in [5, 5.41) is 6.39. The van der Waals surface area contributed by atoms with Gasteiger partial charge in [-0.15, -0.1) is 0 Å². The van der Waals surface area contributed by atoms with Gasteiger partial charge in [0.15, 0.2) is 5.96 Å². The number of carbonyl (C=O) groups is 1. The molecule has 0 aliphatic carbocycles. The molecule has 1 amide bonds. The SMILES string of the molecule is CCNC(=NCC(=O)N(C)C)NCCCc1ccc(OC)cc1. The first-order valence-electron chi connectivity index (χ1n) is 7.92. The fraction of sp³-hybridized carbons (Fsp3) is 0.529. The van der Waals surface area contributed by atoms with Crippen LogP contribution in [0.1, 0.15) is 18.9 Å². The number of benzene rings is 1. The highest BCUT2D eigenvalue weighted by atomic mass is 16.5. The van der Waals surface area contributed by atoms with Crippen LogP contribution in [-0.4, -0.2) is 57.6 Å². The Morgan fingerprint density at radius 2 is 1.91 bits per heavy atom. The first kappa shape index (κ1) is 18.8. The summed E-state index contributed by atoms with van der Waals surface area (Å²) in [6, 6.07) is 8.10. The van der Waals surface area contributed by atoms with Crippen molar-refractivity contribution in [2.75, 3.05) is 40.8 Å². The van der Waals surface area contributed by atoms with Gasteiger partial charge in [-0.1, -0.05) is 12.1 Å². The van der Waals surface area contributed by atoms with Crippen molar-refractivity contribution in [1.29, 1.82) is 0 Å². The van der Waals surface area contributed by atoms with E-state index >= 15 is 0 Å². The Hall–Kier alpha value is -2.24. The van der Waals surface area contributed by atoms with Crippen LogP contribution in [0.3, 0.4) is 0 Å². The number of hydrogen-bond acceptors (Lipinski definition) is 3. The second-order valence-electron chi connectivity index (χ2n) is 5.36. The molecule has 0 saturated carbocycles. The molecule has 0 aliphatic rings. The van der Waals surface area contributed by atoms with Gasteiger partial charge in [0, 0.05) is 27.2 Å². The minimum Gasteiger partial charge on any atom is -0.497 e. The molecule has 6 nitrogen and oxygen atoms in total. The number of ether oxygens (including phenoxy) is 1. The fourth-order valence-electron chi connectivity index (χ4n) is 1.92. The van der Waals surface area contributed by atoms with E-state index in [-0.39, 0.29) is 12.5 Å². The van der Waals surface area contributed by atoms with Gasteiger partial charge in [0.05, 0.1) is 7.11 Å². The second kappa shape index (κ2) is 10.5. The molecule has 0 fully saturated rings. The van der Waals surface area contributed by atoms with Gasteiger partial charge >= 0.3 is 0 Å². The lowest BCUT2D eigenvalue weighted by Gasteiger charge is -2.12. The average molecular weight is 320 g/mol. The zero-order valence-corrected chi connectivity index (χ0v) is 14.6. The third kappa shape index (κ3) is 7.54. The van der Waals surface area contributed by atoms with E-state index in [1.54, 1.807) is 21.2 Å². The summed E-state index contributed by atoms with van der Waals surface area (Å²) >= 11 is 0. The van der Waals surface area contributed by atoms with Crippen LogP contribution in [0.5, 0.6) is 5.75 Å². The number of hydrogen-bond donors (Lipinski definition) is 2. The van der Waals surface area contributed by atoms with Gasteiger partial charge in [-0.3, -0.25) is 4.79 Å². The van der Waals surface area contributed by atoms with E-state index in [0.29, 0.717) is 5.96 Å². The molecule has 1 aromatic carbocycles. The Morgan fingerprint density at radius 3 is 2.48 bits per heavy atom. The van der Waals surface area contributed by atoms with E-state index in [1.807, 2.05) is 19.1 Å². The highest BCUT2D eigenvalue weighted by molar-refractivity contribution is 5.84. The average Bonchev–Trinajstić information content (AvgIpc) is 2.56. The summed E-state index contributed by atoms with van der Waals surface area (Å²) in [5.41, 5.74) is 1.28. The molecule has 23 heavy (non-hydrogen) atoms. The van der Waals surface area contributed by atoms with E-state index in [2.05, 4.69) is 27.8 Å². The van der Waals surface area contributed by atoms with Gasteiger partial charge in [-0.25, -0.2) is 4.99 Å². The fourth-order valence-corrected chi connectivity index (χ4v) is 1.92. The van der Waals surface area contributed by atoms with Crippen LogP contribution < -0.4 is 15.4 Å². The monoisotopic (exact) mass is 320 g/mol. The molecule has 0 atom stereocenters. The maximum absolute atomic E-state index is 11.6.